The quantitative estimate of drug-likeness (QED) is 0.448. The molecule has 2 nitrogen and oxygen atoms in total. The topological polar surface area (TPSA) is 24.1 Å². The molecular weight excluding hydrogens is 268 g/mol. The Morgan fingerprint density at radius 1 is 1.14 bits per heavy atom. The van der Waals surface area contributed by atoms with E-state index in [0.29, 0.717) is 5.92 Å². The van der Waals surface area contributed by atoms with Gasteiger partial charge in [0.25, 0.3) is 0 Å². The lowest BCUT2D eigenvalue weighted by Gasteiger charge is -2.22. The lowest BCUT2D eigenvalue weighted by molar-refractivity contribution is 0.339. The molecule has 0 spiro atoms. The monoisotopic (exact) mass is 304 g/mol. The van der Waals surface area contributed by atoms with E-state index in [1.165, 1.54) is 64.2 Å². The first-order valence-electron chi connectivity index (χ1n) is 9.67. The molecule has 0 radical (unpaired) electrons. The van der Waals surface area contributed by atoms with E-state index in [-0.39, 0.29) is 0 Å². The summed E-state index contributed by atoms with van der Waals surface area (Å²) in [5.41, 5.74) is 1.59. The highest BCUT2D eigenvalue weighted by Crippen LogP contribution is 2.29. The normalized spacial score (nSPS) is 22.8. The second-order valence-corrected chi connectivity index (χ2v) is 7.16. The van der Waals surface area contributed by atoms with E-state index >= 15 is 0 Å². The van der Waals surface area contributed by atoms with Gasteiger partial charge in [0.05, 0.1) is 0 Å². The van der Waals surface area contributed by atoms with Crippen molar-refractivity contribution in [2.45, 2.75) is 71.1 Å². The van der Waals surface area contributed by atoms with Crippen LogP contribution in [0.3, 0.4) is 0 Å². The third-order valence-electron chi connectivity index (χ3n) is 5.19. The Hall–Kier alpha value is -0.600. The third-order valence-corrected chi connectivity index (χ3v) is 5.19. The standard InChI is InChI=1S/C20H36N2/c1-2-3-15-21-17-22-16-20-13-11-19(12-14-20)10-9-18-7-5-4-6-8-18/h11-13,18,20-22H,2-10,14-17H2,1H3. The second-order valence-electron chi connectivity index (χ2n) is 7.16. The van der Waals surface area contributed by atoms with Crippen LogP contribution in [0.5, 0.6) is 0 Å². The fraction of sp³-hybridized carbons (Fsp3) is 0.800. The highest BCUT2D eigenvalue weighted by Gasteiger charge is 2.14. The van der Waals surface area contributed by atoms with Crippen LogP contribution in [-0.4, -0.2) is 19.8 Å². The van der Waals surface area contributed by atoms with E-state index < -0.39 is 0 Å². The van der Waals surface area contributed by atoms with Crippen molar-refractivity contribution in [3.8, 4) is 0 Å². The summed E-state index contributed by atoms with van der Waals surface area (Å²) < 4.78 is 0. The van der Waals surface area contributed by atoms with Gasteiger partial charge < -0.3 is 10.6 Å². The summed E-state index contributed by atoms with van der Waals surface area (Å²) in [6.07, 6.45) is 21.2. The zero-order valence-corrected chi connectivity index (χ0v) is 14.6. The van der Waals surface area contributed by atoms with Crippen molar-refractivity contribution in [2.75, 3.05) is 19.8 Å². The van der Waals surface area contributed by atoms with Gasteiger partial charge in [-0.05, 0) is 44.1 Å². The molecule has 0 amide bonds. The minimum atomic E-state index is 0.686. The van der Waals surface area contributed by atoms with Crippen LogP contribution in [0, 0.1) is 11.8 Å². The molecule has 0 aromatic carbocycles. The molecule has 1 unspecified atom stereocenters. The highest BCUT2D eigenvalue weighted by molar-refractivity contribution is 5.23. The van der Waals surface area contributed by atoms with Crippen LogP contribution in [0.2, 0.25) is 0 Å². The fourth-order valence-corrected chi connectivity index (χ4v) is 3.63. The van der Waals surface area contributed by atoms with Gasteiger partial charge in [-0.1, -0.05) is 69.2 Å². The molecule has 1 saturated carbocycles. The van der Waals surface area contributed by atoms with Gasteiger partial charge in [0, 0.05) is 13.2 Å². The molecule has 0 heterocycles. The van der Waals surface area contributed by atoms with E-state index in [1.807, 2.05) is 0 Å². The van der Waals surface area contributed by atoms with Crippen LogP contribution < -0.4 is 10.6 Å². The van der Waals surface area contributed by atoms with Crippen LogP contribution in [-0.2, 0) is 0 Å². The van der Waals surface area contributed by atoms with Crippen LogP contribution in [0.15, 0.2) is 23.8 Å². The second kappa shape index (κ2) is 11.0. The lowest BCUT2D eigenvalue weighted by Crippen LogP contribution is -2.32. The van der Waals surface area contributed by atoms with Crippen LogP contribution in [0.1, 0.15) is 71.1 Å². The Morgan fingerprint density at radius 2 is 2.00 bits per heavy atom. The smallest absolute Gasteiger partial charge is 0.0454 e. The van der Waals surface area contributed by atoms with Gasteiger partial charge in [-0.3, -0.25) is 0 Å². The predicted molar refractivity (Wildman–Crippen MR) is 96.9 cm³/mol. The average molecular weight is 305 g/mol. The van der Waals surface area contributed by atoms with Crippen LogP contribution in [0.4, 0.5) is 0 Å². The minimum absolute atomic E-state index is 0.686. The summed E-state index contributed by atoms with van der Waals surface area (Å²) in [6.45, 7) is 5.42. The average Bonchev–Trinajstić information content (AvgIpc) is 2.58. The molecular formula is C20H36N2. The molecule has 0 saturated heterocycles. The summed E-state index contributed by atoms with van der Waals surface area (Å²) in [5.74, 6) is 1.70. The van der Waals surface area contributed by atoms with Gasteiger partial charge >= 0.3 is 0 Å². The molecule has 0 aromatic rings. The number of nitrogens with one attached hydrogen (secondary N) is 2. The predicted octanol–water partition coefficient (Wildman–Crippen LogP) is 4.79. The molecule has 1 fully saturated rings. The first kappa shape index (κ1) is 17.7. The largest absolute Gasteiger partial charge is 0.304 e. The van der Waals surface area contributed by atoms with E-state index in [0.717, 1.165) is 25.7 Å². The third kappa shape index (κ3) is 7.11. The summed E-state index contributed by atoms with van der Waals surface area (Å²) in [6, 6.07) is 0. The van der Waals surface area contributed by atoms with Crippen molar-refractivity contribution in [1.82, 2.24) is 10.6 Å². The SMILES string of the molecule is CCCCNCNCC1C=CC(CCC2CCCCC2)=CC1. The molecule has 2 aliphatic rings. The van der Waals surface area contributed by atoms with Gasteiger partial charge in [0.1, 0.15) is 0 Å². The van der Waals surface area contributed by atoms with Crippen LogP contribution >= 0.6 is 0 Å². The number of unbranched alkanes of at least 4 members (excludes halogenated alkanes) is 1. The van der Waals surface area contributed by atoms with Crippen LogP contribution in [0.25, 0.3) is 0 Å². The number of allylic oxidation sites excluding steroid dienone is 3. The van der Waals surface area contributed by atoms with Gasteiger partial charge in [0.15, 0.2) is 0 Å². The summed E-state index contributed by atoms with van der Waals surface area (Å²) in [4.78, 5) is 0. The Bertz CT molecular complexity index is 340. The summed E-state index contributed by atoms with van der Waals surface area (Å²) in [5, 5.41) is 6.96. The molecule has 22 heavy (non-hydrogen) atoms. The fourth-order valence-electron chi connectivity index (χ4n) is 3.63. The van der Waals surface area contributed by atoms with Crippen molar-refractivity contribution in [1.29, 1.82) is 0 Å². The van der Waals surface area contributed by atoms with Crippen molar-refractivity contribution in [3.05, 3.63) is 23.8 Å². The van der Waals surface area contributed by atoms with Gasteiger partial charge in [-0.15, -0.1) is 0 Å². The molecule has 2 N–H and O–H groups in total. The molecule has 0 aliphatic heterocycles. The molecule has 2 aliphatic carbocycles. The first-order chi connectivity index (χ1) is 10.9. The Kier molecular flexibility index (Phi) is 8.89. The van der Waals surface area contributed by atoms with E-state index in [4.69, 9.17) is 0 Å². The van der Waals surface area contributed by atoms with E-state index in [1.54, 1.807) is 5.57 Å². The Labute approximate surface area is 137 Å². The van der Waals surface area contributed by atoms with E-state index in [9.17, 15) is 0 Å². The highest BCUT2D eigenvalue weighted by atomic mass is 15.0. The molecule has 0 bridgehead atoms. The maximum atomic E-state index is 3.52. The molecule has 0 aromatic heterocycles. The van der Waals surface area contributed by atoms with Crippen molar-refractivity contribution in [3.63, 3.8) is 0 Å². The van der Waals surface area contributed by atoms with Gasteiger partial charge in [0.2, 0.25) is 0 Å². The van der Waals surface area contributed by atoms with Gasteiger partial charge in [-0.2, -0.15) is 0 Å². The summed E-state index contributed by atoms with van der Waals surface area (Å²) >= 11 is 0. The number of hydrogen-bond donors (Lipinski definition) is 2. The van der Waals surface area contributed by atoms with Gasteiger partial charge in [-0.25, -0.2) is 0 Å². The first-order valence-corrected chi connectivity index (χ1v) is 9.67. The maximum Gasteiger partial charge on any atom is 0.0454 e. The number of hydrogen-bond acceptors (Lipinski definition) is 2. The zero-order chi connectivity index (χ0) is 15.5. The molecule has 1 atom stereocenters. The Morgan fingerprint density at radius 3 is 2.73 bits per heavy atom. The summed E-state index contributed by atoms with van der Waals surface area (Å²) in [7, 11) is 0. The maximum absolute atomic E-state index is 3.52. The molecule has 2 heteroatoms. The molecule has 126 valence electrons. The Balaban J connectivity index is 1.52. The lowest BCUT2D eigenvalue weighted by atomic mass is 9.84. The zero-order valence-electron chi connectivity index (χ0n) is 14.6. The van der Waals surface area contributed by atoms with Crippen molar-refractivity contribution in [2.24, 2.45) is 11.8 Å². The van der Waals surface area contributed by atoms with E-state index in [2.05, 4.69) is 35.8 Å². The number of rotatable bonds is 10. The van der Waals surface area contributed by atoms with Crippen molar-refractivity contribution >= 4 is 0 Å². The van der Waals surface area contributed by atoms with Crippen molar-refractivity contribution < 1.29 is 0 Å². The molecule has 2 rings (SSSR count). The minimum Gasteiger partial charge on any atom is -0.304 e.